The van der Waals surface area contributed by atoms with Crippen molar-refractivity contribution in [2.45, 2.75) is 18.6 Å². The minimum absolute atomic E-state index is 0.0346. The average molecular weight is 473 g/mol. The van der Waals surface area contributed by atoms with E-state index in [9.17, 15) is 34.1 Å². The second-order valence-electron chi connectivity index (χ2n) is 7.06. The van der Waals surface area contributed by atoms with Crippen LogP contribution in [0.2, 0.25) is 5.02 Å². The molecule has 3 rings (SSSR count). The molecule has 0 unspecified atom stereocenters. The molecule has 33 heavy (non-hydrogen) atoms. The number of benzene rings is 2. The van der Waals surface area contributed by atoms with E-state index in [1.165, 1.54) is 24.3 Å². The Bertz CT molecular complexity index is 1220. The van der Waals surface area contributed by atoms with E-state index < -0.39 is 35.8 Å². The van der Waals surface area contributed by atoms with E-state index in [0.717, 1.165) is 12.3 Å². The van der Waals surface area contributed by atoms with Crippen molar-refractivity contribution in [3.8, 4) is 11.3 Å². The van der Waals surface area contributed by atoms with E-state index in [0.29, 0.717) is 10.6 Å². The molecule has 2 atom stereocenters. The average Bonchev–Trinajstić information content (AvgIpc) is 2.79. The molecule has 0 fully saturated rings. The SMILES string of the molecule is O=C(N[C@H](Cc1ccccc1Cl)[C@@H](O)C(=O)O)c1cnc(-c2ccccc2C(=O)O)c(F)c1. The maximum Gasteiger partial charge on any atom is 0.336 e. The molecular weight excluding hydrogens is 455 g/mol. The Kier molecular flexibility index (Phi) is 7.37. The van der Waals surface area contributed by atoms with Gasteiger partial charge in [0.15, 0.2) is 6.10 Å². The van der Waals surface area contributed by atoms with Crippen molar-refractivity contribution in [2.24, 2.45) is 0 Å². The van der Waals surface area contributed by atoms with Crippen LogP contribution in [-0.4, -0.2) is 50.3 Å². The predicted octanol–water partition coefficient (Wildman–Crippen LogP) is 3.03. The molecular formula is C23H18ClFN2O6. The molecule has 0 radical (unpaired) electrons. The second kappa shape index (κ2) is 10.2. The number of nitrogens with one attached hydrogen (secondary N) is 1. The number of carboxylic acid groups (broad SMARTS) is 2. The van der Waals surface area contributed by atoms with Gasteiger partial charge in [0.05, 0.1) is 17.2 Å². The third kappa shape index (κ3) is 5.51. The minimum atomic E-state index is -1.95. The van der Waals surface area contributed by atoms with Crippen molar-refractivity contribution >= 4 is 29.4 Å². The normalized spacial score (nSPS) is 12.6. The summed E-state index contributed by atoms with van der Waals surface area (Å²) in [4.78, 5) is 39.3. The molecule has 10 heteroatoms. The fourth-order valence-corrected chi connectivity index (χ4v) is 3.42. The summed E-state index contributed by atoms with van der Waals surface area (Å²) in [5.41, 5.74) is -0.138. The minimum Gasteiger partial charge on any atom is -0.479 e. The van der Waals surface area contributed by atoms with Gasteiger partial charge in [0.2, 0.25) is 0 Å². The van der Waals surface area contributed by atoms with E-state index in [-0.39, 0.29) is 28.8 Å². The molecule has 0 saturated heterocycles. The zero-order valence-electron chi connectivity index (χ0n) is 16.9. The van der Waals surface area contributed by atoms with Crippen LogP contribution in [0.4, 0.5) is 4.39 Å². The number of nitrogens with zero attached hydrogens (tertiary/aromatic N) is 1. The number of aliphatic hydroxyl groups excluding tert-OH is 1. The first-order chi connectivity index (χ1) is 15.7. The molecule has 8 nitrogen and oxygen atoms in total. The summed E-state index contributed by atoms with van der Waals surface area (Å²) in [5, 5.41) is 31.3. The number of carbonyl (C=O) groups is 3. The molecule has 0 aliphatic rings. The zero-order chi connectivity index (χ0) is 24.1. The number of aromatic nitrogens is 1. The molecule has 2 aromatic carbocycles. The predicted molar refractivity (Wildman–Crippen MR) is 117 cm³/mol. The number of carboxylic acids is 2. The van der Waals surface area contributed by atoms with Crippen LogP contribution in [0, 0.1) is 5.82 Å². The number of pyridine rings is 1. The van der Waals surface area contributed by atoms with Gasteiger partial charge in [0, 0.05) is 16.8 Å². The van der Waals surface area contributed by atoms with Gasteiger partial charge in [-0.05, 0) is 30.2 Å². The van der Waals surface area contributed by atoms with Crippen LogP contribution in [0.5, 0.6) is 0 Å². The Labute approximate surface area is 192 Å². The molecule has 3 aromatic rings. The van der Waals surface area contributed by atoms with Gasteiger partial charge in [-0.3, -0.25) is 9.78 Å². The van der Waals surface area contributed by atoms with Crippen molar-refractivity contribution in [3.05, 3.63) is 88.3 Å². The smallest absolute Gasteiger partial charge is 0.336 e. The first-order valence-corrected chi connectivity index (χ1v) is 10.00. The quantitative estimate of drug-likeness (QED) is 0.395. The largest absolute Gasteiger partial charge is 0.479 e. The highest BCUT2D eigenvalue weighted by Crippen LogP contribution is 2.25. The Balaban J connectivity index is 1.87. The van der Waals surface area contributed by atoms with Gasteiger partial charge in [0.1, 0.15) is 11.5 Å². The van der Waals surface area contributed by atoms with E-state index in [1.54, 1.807) is 24.3 Å². The Hall–Kier alpha value is -3.82. The molecule has 170 valence electrons. The van der Waals surface area contributed by atoms with E-state index in [2.05, 4.69) is 10.3 Å². The number of aliphatic hydroxyl groups is 1. The van der Waals surface area contributed by atoms with Crippen LogP contribution in [0.1, 0.15) is 26.3 Å². The van der Waals surface area contributed by atoms with Gasteiger partial charge >= 0.3 is 11.9 Å². The summed E-state index contributed by atoms with van der Waals surface area (Å²) < 4.78 is 14.8. The summed E-state index contributed by atoms with van der Waals surface area (Å²) in [6, 6.07) is 11.8. The molecule has 0 saturated carbocycles. The molecule has 1 aromatic heterocycles. The van der Waals surface area contributed by atoms with Crippen LogP contribution >= 0.6 is 11.6 Å². The number of aromatic carboxylic acids is 1. The van der Waals surface area contributed by atoms with Gasteiger partial charge in [-0.2, -0.15) is 0 Å². The first-order valence-electron chi connectivity index (χ1n) is 9.62. The van der Waals surface area contributed by atoms with E-state index in [1.807, 2.05) is 0 Å². The number of hydrogen-bond acceptors (Lipinski definition) is 5. The summed E-state index contributed by atoms with van der Waals surface area (Å²) in [5.74, 6) is -4.65. The highest BCUT2D eigenvalue weighted by molar-refractivity contribution is 6.31. The van der Waals surface area contributed by atoms with Gasteiger partial charge in [-0.1, -0.05) is 48.0 Å². The number of amides is 1. The van der Waals surface area contributed by atoms with Crippen molar-refractivity contribution in [2.75, 3.05) is 0 Å². The summed E-state index contributed by atoms with van der Waals surface area (Å²) in [6.45, 7) is 0. The highest BCUT2D eigenvalue weighted by Gasteiger charge is 2.29. The number of carbonyl (C=O) groups excluding carboxylic acids is 1. The molecule has 1 amide bonds. The molecule has 0 aliphatic heterocycles. The van der Waals surface area contributed by atoms with Gasteiger partial charge < -0.3 is 20.6 Å². The number of rotatable bonds is 8. The molecule has 0 bridgehead atoms. The van der Waals surface area contributed by atoms with Crippen molar-refractivity contribution in [3.63, 3.8) is 0 Å². The Morgan fingerprint density at radius 1 is 1.06 bits per heavy atom. The first kappa shape index (κ1) is 23.8. The standard InChI is InChI=1S/C23H18ClFN2O6/c24-16-8-4-1-5-12(16)10-18(20(28)23(32)33)27-21(29)13-9-17(25)19(26-11-13)14-6-2-3-7-15(14)22(30)31/h1-9,11,18,20,28H,10H2,(H,27,29)(H,30,31)(H,32,33)/t18-,20-/m1/s1. The zero-order valence-corrected chi connectivity index (χ0v) is 17.7. The second-order valence-corrected chi connectivity index (χ2v) is 7.47. The van der Waals surface area contributed by atoms with E-state index in [4.69, 9.17) is 11.6 Å². The van der Waals surface area contributed by atoms with Crippen LogP contribution < -0.4 is 5.32 Å². The molecule has 0 spiro atoms. The lowest BCUT2D eigenvalue weighted by atomic mass is 10.0. The fraction of sp³-hybridized carbons (Fsp3) is 0.130. The Morgan fingerprint density at radius 3 is 2.36 bits per heavy atom. The fourth-order valence-electron chi connectivity index (χ4n) is 3.20. The topological polar surface area (TPSA) is 137 Å². The molecule has 1 heterocycles. The van der Waals surface area contributed by atoms with Crippen LogP contribution in [0.3, 0.4) is 0 Å². The van der Waals surface area contributed by atoms with Crippen LogP contribution in [-0.2, 0) is 11.2 Å². The summed E-state index contributed by atoms with van der Waals surface area (Å²) >= 11 is 6.09. The number of hydrogen-bond donors (Lipinski definition) is 4. The monoisotopic (exact) mass is 472 g/mol. The third-order valence-corrected chi connectivity index (χ3v) is 5.23. The van der Waals surface area contributed by atoms with Gasteiger partial charge in [0.25, 0.3) is 5.91 Å². The summed E-state index contributed by atoms with van der Waals surface area (Å²) in [7, 11) is 0. The molecule has 4 N–H and O–H groups in total. The van der Waals surface area contributed by atoms with Crippen molar-refractivity contribution in [1.82, 2.24) is 10.3 Å². The lowest BCUT2D eigenvalue weighted by molar-refractivity contribution is -0.148. The lowest BCUT2D eigenvalue weighted by Gasteiger charge is -2.22. The molecule has 0 aliphatic carbocycles. The van der Waals surface area contributed by atoms with Crippen LogP contribution in [0.15, 0.2) is 60.8 Å². The van der Waals surface area contributed by atoms with Crippen molar-refractivity contribution in [1.29, 1.82) is 0 Å². The maximum absolute atomic E-state index is 14.8. The van der Waals surface area contributed by atoms with Gasteiger partial charge in [-0.25, -0.2) is 14.0 Å². The van der Waals surface area contributed by atoms with Gasteiger partial charge in [-0.15, -0.1) is 0 Å². The Morgan fingerprint density at radius 2 is 1.73 bits per heavy atom. The summed E-state index contributed by atoms with van der Waals surface area (Å²) in [6.07, 6.45) is -1.02. The van der Waals surface area contributed by atoms with Crippen molar-refractivity contribution < 1.29 is 34.1 Å². The maximum atomic E-state index is 14.8. The number of aliphatic carboxylic acids is 1. The van der Waals surface area contributed by atoms with Crippen LogP contribution in [0.25, 0.3) is 11.3 Å². The third-order valence-electron chi connectivity index (χ3n) is 4.86. The van der Waals surface area contributed by atoms with E-state index >= 15 is 0 Å². The lowest BCUT2D eigenvalue weighted by Crippen LogP contribution is -2.48. The number of halogens is 2. The highest BCUT2D eigenvalue weighted by atomic mass is 35.5.